The van der Waals surface area contributed by atoms with Crippen LogP contribution in [0.4, 0.5) is 0 Å². The number of hydrogen-bond donors (Lipinski definition) is 2. The summed E-state index contributed by atoms with van der Waals surface area (Å²) in [7, 11) is 0. The molecule has 0 aromatic heterocycles. The number of aliphatic hydroxyl groups is 1. The molecule has 6 nitrogen and oxygen atoms in total. The number of nitrogens with zero attached hydrogens (tertiary/aromatic N) is 4. The Morgan fingerprint density at radius 1 is 1.55 bits per heavy atom. The summed E-state index contributed by atoms with van der Waals surface area (Å²) in [5.41, 5.74) is 5.44. The van der Waals surface area contributed by atoms with Gasteiger partial charge in [-0.1, -0.05) is 6.58 Å². The highest BCUT2D eigenvalue weighted by Crippen LogP contribution is 2.12. The smallest absolute Gasteiger partial charge is 0.187 e. The van der Waals surface area contributed by atoms with Crippen molar-refractivity contribution in [3.8, 4) is 0 Å². The quantitative estimate of drug-likeness (QED) is 0.593. The van der Waals surface area contributed by atoms with Crippen molar-refractivity contribution in [1.82, 2.24) is 0 Å². The Hall–Kier alpha value is -1.30. The second-order valence-electron chi connectivity index (χ2n) is 2.22. The van der Waals surface area contributed by atoms with Gasteiger partial charge in [0.15, 0.2) is 6.17 Å². The Morgan fingerprint density at radius 3 is 2.55 bits per heavy atom. The topological polar surface area (TPSA) is 95.7 Å². The van der Waals surface area contributed by atoms with Gasteiger partial charge >= 0.3 is 0 Å². The molecular weight excluding hydrogens is 146 g/mol. The van der Waals surface area contributed by atoms with Crippen LogP contribution < -0.4 is 5.73 Å². The van der Waals surface area contributed by atoms with E-state index in [2.05, 4.69) is 27.3 Å². The molecule has 0 bridgehead atoms. The molecule has 1 aliphatic heterocycles. The summed E-state index contributed by atoms with van der Waals surface area (Å²) in [4.78, 5) is 0. The lowest BCUT2D eigenvalue weighted by atomic mass is 10.1. The molecule has 0 fully saturated rings. The molecule has 0 radical (unpaired) electrons. The normalized spacial score (nSPS) is 19.0. The van der Waals surface area contributed by atoms with E-state index in [0.717, 1.165) is 0 Å². The highest BCUT2D eigenvalue weighted by Gasteiger charge is 2.16. The summed E-state index contributed by atoms with van der Waals surface area (Å²) >= 11 is 0. The Morgan fingerprint density at radius 2 is 2.09 bits per heavy atom. The summed E-state index contributed by atoms with van der Waals surface area (Å²) in [6.45, 7) is 3.28. The maximum Gasteiger partial charge on any atom is 0.187 e. The van der Waals surface area contributed by atoms with Crippen LogP contribution in [-0.4, -0.2) is 17.3 Å². The summed E-state index contributed by atoms with van der Waals surface area (Å²) in [6, 6.07) is -0.504. The van der Waals surface area contributed by atoms with Gasteiger partial charge in [0.2, 0.25) is 0 Å². The zero-order chi connectivity index (χ0) is 8.27. The average molecular weight is 155 g/mol. The first kappa shape index (κ1) is 7.80. The van der Waals surface area contributed by atoms with Crippen molar-refractivity contribution in [2.75, 3.05) is 0 Å². The van der Waals surface area contributed by atoms with E-state index in [1.54, 1.807) is 0 Å². The minimum Gasteiger partial charge on any atom is -0.511 e. The zero-order valence-electron chi connectivity index (χ0n) is 5.88. The molecule has 0 spiro atoms. The number of aliphatic hydroxyl groups excluding tert-OH is 1. The van der Waals surface area contributed by atoms with Crippen molar-refractivity contribution in [3.05, 3.63) is 12.3 Å². The van der Waals surface area contributed by atoms with Crippen LogP contribution in [0.1, 0.15) is 6.42 Å². The van der Waals surface area contributed by atoms with E-state index in [0.29, 0.717) is 6.42 Å². The molecule has 1 aliphatic rings. The highest BCUT2D eigenvalue weighted by atomic mass is 16.3. The van der Waals surface area contributed by atoms with Gasteiger partial charge in [-0.3, -0.25) is 0 Å². The maximum absolute atomic E-state index is 8.82. The van der Waals surface area contributed by atoms with Crippen LogP contribution in [0, 0.1) is 0 Å². The van der Waals surface area contributed by atoms with Gasteiger partial charge in [-0.05, 0) is 10.4 Å². The molecule has 1 rings (SSSR count). The molecule has 11 heavy (non-hydrogen) atoms. The van der Waals surface area contributed by atoms with Crippen LogP contribution in [0.15, 0.2) is 33.0 Å². The first-order valence-electron chi connectivity index (χ1n) is 3.13. The number of rotatable bonds is 3. The average Bonchev–Trinajstić information content (AvgIpc) is 2.39. The van der Waals surface area contributed by atoms with Crippen LogP contribution >= 0.6 is 0 Å². The second-order valence-corrected chi connectivity index (χ2v) is 2.22. The van der Waals surface area contributed by atoms with Crippen molar-refractivity contribution < 1.29 is 5.11 Å². The molecule has 3 N–H and O–H groups in total. The van der Waals surface area contributed by atoms with Gasteiger partial charge in [-0.25, -0.2) is 0 Å². The third-order valence-corrected chi connectivity index (χ3v) is 1.30. The van der Waals surface area contributed by atoms with Crippen molar-refractivity contribution in [2.45, 2.75) is 18.6 Å². The lowest BCUT2D eigenvalue weighted by Crippen LogP contribution is -2.25. The molecule has 0 aliphatic carbocycles. The Bertz CT molecular complexity index is 199. The van der Waals surface area contributed by atoms with Gasteiger partial charge in [0.1, 0.15) is 5.76 Å². The van der Waals surface area contributed by atoms with Crippen molar-refractivity contribution >= 4 is 0 Å². The molecule has 6 heteroatoms. The first-order chi connectivity index (χ1) is 5.20. The molecule has 60 valence electrons. The summed E-state index contributed by atoms with van der Waals surface area (Å²) in [5.74, 6) is -0.0673. The summed E-state index contributed by atoms with van der Waals surface area (Å²) in [5, 5.41) is 22.6. The second kappa shape index (κ2) is 3.20. The van der Waals surface area contributed by atoms with E-state index >= 15 is 0 Å². The molecule has 0 aromatic carbocycles. The summed E-state index contributed by atoms with van der Waals surface area (Å²) < 4.78 is 0. The minimum atomic E-state index is -0.504. The fourth-order valence-corrected chi connectivity index (χ4v) is 0.646. The molecule has 0 saturated heterocycles. The van der Waals surface area contributed by atoms with Crippen LogP contribution in [0.2, 0.25) is 0 Å². The van der Waals surface area contributed by atoms with Gasteiger partial charge in [-0.2, -0.15) is 0 Å². The van der Waals surface area contributed by atoms with Crippen molar-refractivity contribution in [1.29, 1.82) is 0 Å². The fraction of sp³-hybridized carbons (Fsp3) is 0.600. The Kier molecular flexibility index (Phi) is 2.27. The molecule has 0 amide bonds. The zero-order valence-corrected chi connectivity index (χ0v) is 5.88. The van der Waals surface area contributed by atoms with Gasteiger partial charge in [0.05, 0.1) is 6.04 Å². The van der Waals surface area contributed by atoms with Crippen LogP contribution in [0.3, 0.4) is 0 Å². The molecular formula is C5H9N5O. The minimum absolute atomic E-state index is 0.0673. The molecule has 0 saturated carbocycles. The van der Waals surface area contributed by atoms with E-state index in [1.807, 2.05) is 0 Å². The number of hydrogen-bond acceptors (Lipinski definition) is 6. The van der Waals surface area contributed by atoms with E-state index in [1.165, 1.54) is 0 Å². The number of nitrogens with two attached hydrogens (primary N) is 1. The molecule has 0 aromatic rings. The fourth-order valence-electron chi connectivity index (χ4n) is 0.646. The monoisotopic (exact) mass is 155 g/mol. The third kappa shape index (κ3) is 2.08. The predicted octanol–water partition coefficient (Wildman–Crippen LogP) is 0.935. The van der Waals surface area contributed by atoms with E-state index in [-0.39, 0.29) is 11.9 Å². The van der Waals surface area contributed by atoms with Crippen LogP contribution in [-0.2, 0) is 0 Å². The van der Waals surface area contributed by atoms with Gasteiger partial charge in [-0.15, -0.1) is 10.2 Å². The molecule has 0 unspecified atom stereocenters. The third-order valence-electron chi connectivity index (χ3n) is 1.30. The maximum atomic E-state index is 8.82. The van der Waals surface area contributed by atoms with Crippen molar-refractivity contribution in [3.63, 3.8) is 0 Å². The SMILES string of the molecule is C=C(O)[C@@H](N)CC1N=NN=N1. The molecule has 1 heterocycles. The van der Waals surface area contributed by atoms with Crippen LogP contribution in [0.5, 0.6) is 0 Å². The van der Waals surface area contributed by atoms with Crippen molar-refractivity contribution in [2.24, 2.45) is 26.4 Å². The predicted molar refractivity (Wildman–Crippen MR) is 37.9 cm³/mol. The highest BCUT2D eigenvalue weighted by molar-refractivity contribution is 4.93. The summed E-state index contributed by atoms with van der Waals surface area (Å²) in [6.07, 6.45) is 0.0383. The lowest BCUT2D eigenvalue weighted by molar-refractivity contribution is 0.354. The van der Waals surface area contributed by atoms with Gasteiger partial charge in [0.25, 0.3) is 0 Å². The van der Waals surface area contributed by atoms with E-state index in [9.17, 15) is 0 Å². The largest absolute Gasteiger partial charge is 0.511 e. The van der Waals surface area contributed by atoms with Gasteiger partial charge in [0, 0.05) is 6.42 Å². The lowest BCUT2D eigenvalue weighted by Gasteiger charge is -2.08. The van der Waals surface area contributed by atoms with E-state index < -0.39 is 6.04 Å². The Balaban J connectivity index is 2.36. The van der Waals surface area contributed by atoms with Gasteiger partial charge < -0.3 is 10.8 Å². The standard InChI is InChI=1S/C5H9N5O/c1-3(11)4(6)2-5-7-9-10-8-5/h4-5,11H,1-2,6H2/t4-/m0/s1. The Labute approximate surface area is 63.5 Å². The van der Waals surface area contributed by atoms with Crippen LogP contribution in [0.25, 0.3) is 0 Å². The molecule has 1 atom stereocenters. The first-order valence-corrected chi connectivity index (χ1v) is 3.13. The van der Waals surface area contributed by atoms with E-state index in [4.69, 9.17) is 10.8 Å².